The van der Waals surface area contributed by atoms with Gasteiger partial charge in [-0.05, 0) is 51.7 Å². The van der Waals surface area contributed by atoms with Crippen molar-refractivity contribution in [3.05, 3.63) is 63.9 Å². The second-order valence-electron chi connectivity index (χ2n) is 6.73. The first-order valence-corrected chi connectivity index (χ1v) is 9.07. The molecule has 0 amide bonds. The molecule has 2 atom stereocenters. The van der Waals surface area contributed by atoms with Crippen LogP contribution >= 0.6 is 15.9 Å². The van der Waals surface area contributed by atoms with E-state index < -0.39 is 0 Å². The number of aromatic nitrogens is 1. The van der Waals surface area contributed by atoms with E-state index >= 15 is 0 Å². The van der Waals surface area contributed by atoms with Gasteiger partial charge < -0.3 is 0 Å². The zero-order valence-electron chi connectivity index (χ0n) is 13.4. The average Bonchev–Trinajstić information content (AvgIpc) is 2.60. The molecular weight excluding hydrogens is 364 g/mol. The van der Waals surface area contributed by atoms with E-state index in [1.807, 2.05) is 30.6 Å². The number of piperidine rings is 1. The van der Waals surface area contributed by atoms with Crippen LogP contribution in [0.25, 0.3) is 0 Å². The normalized spacial score (nSPS) is 23.5. The number of pyridine rings is 1. The van der Waals surface area contributed by atoms with Gasteiger partial charge >= 0.3 is 0 Å². The Labute approximate surface area is 150 Å². The molecule has 0 saturated carbocycles. The van der Waals surface area contributed by atoms with Crippen LogP contribution in [0.2, 0.25) is 0 Å². The van der Waals surface area contributed by atoms with Crippen molar-refractivity contribution in [2.75, 3.05) is 13.1 Å². The van der Waals surface area contributed by atoms with E-state index in [9.17, 15) is 0 Å². The average molecular weight is 383 g/mol. The first-order chi connectivity index (χ1) is 11.7. The van der Waals surface area contributed by atoms with E-state index in [4.69, 9.17) is 5.26 Å². The van der Waals surface area contributed by atoms with Crippen molar-refractivity contribution in [1.29, 1.82) is 5.26 Å². The van der Waals surface area contributed by atoms with Crippen LogP contribution < -0.4 is 0 Å². The highest BCUT2D eigenvalue weighted by atomic mass is 79.9. The van der Waals surface area contributed by atoms with Gasteiger partial charge in [0.15, 0.2) is 0 Å². The quantitative estimate of drug-likeness (QED) is 0.814. The first kappa shape index (κ1) is 15.8. The molecule has 0 spiro atoms. The lowest BCUT2D eigenvalue weighted by Gasteiger charge is -2.56. The van der Waals surface area contributed by atoms with Crippen LogP contribution in [-0.2, 0) is 13.1 Å². The number of fused-ring (bicyclic) bond motifs is 2. The van der Waals surface area contributed by atoms with E-state index in [1.54, 1.807) is 0 Å². The largest absolute Gasteiger partial charge is 0.296 e. The Hall–Kier alpha value is -1.74. The fourth-order valence-electron chi connectivity index (χ4n) is 3.91. The smallest absolute Gasteiger partial charge is 0.0991 e. The summed E-state index contributed by atoms with van der Waals surface area (Å²) in [7, 11) is 0. The molecule has 1 aromatic carbocycles. The van der Waals surface area contributed by atoms with Gasteiger partial charge in [-0.25, -0.2) is 0 Å². The maximum Gasteiger partial charge on any atom is 0.0991 e. The van der Waals surface area contributed by atoms with Crippen molar-refractivity contribution in [3.63, 3.8) is 0 Å². The van der Waals surface area contributed by atoms with E-state index in [1.165, 1.54) is 17.5 Å². The van der Waals surface area contributed by atoms with Crippen LogP contribution in [0.5, 0.6) is 0 Å². The molecule has 3 aliphatic heterocycles. The summed E-state index contributed by atoms with van der Waals surface area (Å²) in [5, 5.41) is 9.04. The molecule has 122 valence electrons. The Bertz CT molecular complexity index is 773. The lowest BCUT2D eigenvalue weighted by molar-refractivity contribution is -0.0774. The van der Waals surface area contributed by atoms with Gasteiger partial charge in [0, 0.05) is 55.1 Å². The van der Waals surface area contributed by atoms with E-state index in [0.717, 1.165) is 36.2 Å². The molecule has 2 bridgehead atoms. The van der Waals surface area contributed by atoms with Crippen LogP contribution in [0.15, 0.2) is 47.2 Å². The van der Waals surface area contributed by atoms with Crippen LogP contribution in [0.3, 0.4) is 0 Å². The van der Waals surface area contributed by atoms with Crippen LogP contribution in [0.1, 0.15) is 23.1 Å². The molecule has 0 radical (unpaired) electrons. The molecular formula is C19H19BrN4. The minimum Gasteiger partial charge on any atom is -0.296 e. The summed E-state index contributed by atoms with van der Waals surface area (Å²) >= 11 is 3.49. The fraction of sp³-hybridized carbons (Fsp3) is 0.368. The van der Waals surface area contributed by atoms with Crippen LogP contribution in [0.4, 0.5) is 0 Å². The number of nitrogens with zero attached hydrogens (tertiary/aromatic N) is 4. The fourth-order valence-corrected chi connectivity index (χ4v) is 4.32. The van der Waals surface area contributed by atoms with Crippen molar-refractivity contribution in [2.45, 2.75) is 31.6 Å². The third kappa shape index (κ3) is 3.23. The molecule has 24 heavy (non-hydrogen) atoms. The van der Waals surface area contributed by atoms with Gasteiger partial charge in [-0.15, -0.1) is 0 Å². The number of hydrogen-bond donors (Lipinski definition) is 0. The number of benzene rings is 1. The molecule has 3 fully saturated rings. The zero-order valence-corrected chi connectivity index (χ0v) is 15.0. The third-order valence-corrected chi connectivity index (χ3v) is 5.44. The Balaban J connectivity index is 1.37. The highest BCUT2D eigenvalue weighted by Crippen LogP contribution is 2.34. The van der Waals surface area contributed by atoms with Crippen molar-refractivity contribution in [3.8, 4) is 6.07 Å². The van der Waals surface area contributed by atoms with Crippen molar-refractivity contribution in [1.82, 2.24) is 14.8 Å². The number of nitriles is 1. The molecule has 5 rings (SSSR count). The zero-order chi connectivity index (χ0) is 16.5. The molecule has 0 N–H and O–H groups in total. The molecule has 3 saturated heterocycles. The minimum absolute atomic E-state index is 0.634. The summed E-state index contributed by atoms with van der Waals surface area (Å²) in [6.07, 6.45) is 5.08. The SMILES string of the molecule is N#Cc1cccc(CN2C3CC2CN(Cc2cncc(Br)c2)C3)c1. The maximum absolute atomic E-state index is 9.04. The van der Waals surface area contributed by atoms with Crippen LogP contribution in [0, 0.1) is 11.3 Å². The third-order valence-electron chi connectivity index (χ3n) is 5.01. The molecule has 1 aromatic heterocycles. The Morgan fingerprint density at radius 3 is 2.71 bits per heavy atom. The van der Waals surface area contributed by atoms with Gasteiger partial charge in [0.2, 0.25) is 0 Å². The Morgan fingerprint density at radius 1 is 1.12 bits per heavy atom. The highest BCUT2D eigenvalue weighted by molar-refractivity contribution is 9.10. The molecule has 4 heterocycles. The Morgan fingerprint density at radius 2 is 1.96 bits per heavy atom. The number of piperazine rings is 1. The minimum atomic E-state index is 0.634. The first-order valence-electron chi connectivity index (χ1n) is 8.28. The second kappa shape index (κ2) is 6.64. The Kier molecular flexibility index (Phi) is 4.36. The van der Waals surface area contributed by atoms with Crippen molar-refractivity contribution in [2.24, 2.45) is 0 Å². The van der Waals surface area contributed by atoms with E-state index in [-0.39, 0.29) is 0 Å². The molecule has 4 nitrogen and oxygen atoms in total. The number of halogens is 1. The van der Waals surface area contributed by atoms with Gasteiger partial charge in [-0.3, -0.25) is 14.8 Å². The summed E-state index contributed by atoms with van der Waals surface area (Å²) in [4.78, 5) is 9.38. The predicted molar refractivity (Wildman–Crippen MR) is 96.1 cm³/mol. The van der Waals surface area contributed by atoms with Gasteiger partial charge in [0.25, 0.3) is 0 Å². The lowest BCUT2D eigenvalue weighted by atomic mass is 9.86. The summed E-state index contributed by atoms with van der Waals surface area (Å²) in [5.41, 5.74) is 3.26. The lowest BCUT2D eigenvalue weighted by Crippen LogP contribution is -2.67. The van der Waals surface area contributed by atoms with Crippen molar-refractivity contribution >= 4 is 15.9 Å². The predicted octanol–water partition coefficient (Wildman–Crippen LogP) is 3.17. The molecule has 2 aromatic rings. The number of hydrogen-bond acceptors (Lipinski definition) is 4. The molecule has 3 aliphatic rings. The summed E-state index contributed by atoms with van der Waals surface area (Å²) < 4.78 is 1.04. The van der Waals surface area contributed by atoms with E-state index in [0.29, 0.717) is 12.1 Å². The second-order valence-corrected chi connectivity index (χ2v) is 7.65. The monoisotopic (exact) mass is 382 g/mol. The van der Waals surface area contributed by atoms with Gasteiger partial charge in [-0.2, -0.15) is 5.26 Å². The van der Waals surface area contributed by atoms with Crippen LogP contribution in [-0.4, -0.2) is 40.0 Å². The summed E-state index contributed by atoms with van der Waals surface area (Å²) in [5.74, 6) is 0. The van der Waals surface area contributed by atoms with Gasteiger partial charge in [0.1, 0.15) is 0 Å². The maximum atomic E-state index is 9.04. The molecule has 0 aliphatic carbocycles. The highest BCUT2D eigenvalue weighted by Gasteiger charge is 2.44. The van der Waals surface area contributed by atoms with E-state index in [2.05, 4.69) is 48.9 Å². The standard InChI is InChI=1S/C19H19BrN4/c20-17-5-16(8-22-9-17)10-23-12-18-6-19(13-23)24(18)11-15-3-1-2-14(4-15)7-21/h1-5,8-9,18-19H,6,10-13H2. The molecule has 2 unspecified atom stereocenters. The summed E-state index contributed by atoms with van der Waals surface area (Å²) in [6.45, 7) is 4.15. The van der Waals surface area contributed by atoms with Gasteiger partial charge in [0.05, 0.1) is 11.6 Å². The molecule has 5 heteroatoms. The summed E-state index contributed by atoms with van der Waals surface area (Å²) in [6, 6.07) is 13.6. The topological polar surface area (TPSA) is 43.2 Å². The number of rotatable bonds is 4. The van der Waals surface area contributed by atoms with Gasteiger partial charge in [-0.1, -0.05) is 12.1 Å². The van der Waals surface area contributed by atoms with Crippen molar-refractivity contribution < 1.29 is 0 Å².